The van der Waals surface area contributed by atoms with Gasteiger partial charge in [-0.25, -0.2) is 4.98 Å². The Labute approximate surface area is 147 Å². The van der Waals surface area contributed by atoms with E-state index in [9.17, 15) is 18.3 Å². The summed E-state index contributed by atoms with van der Waals surface area (Å²) < 4.78 is 54.0. The Morgan fingerprint density at radius 3 is 2.77 bits per heavy atom. The number of nitrogens with zero attached hydrogens (tertiary/aromatic N) is 4. The van der Waals surface area contributed by atoms with Gasteiger partial charge in [0.05, 0.1) is 43.4 Å². The van der Waals surface area contributed by atoms with Gasteiger partial charge in [-0.15, -0.1) is 5.10 Å². The van der Waals surface area contributed by atoms with Gasteiger partial charge in [0, 0.05) is 12.5 Å². The fourth-order valence-electron chi connectivity index (χ4n) is 3.39. The summed E-state index contributed by atoms with van der Waals surface area (Å²) in [6.45, 7) is 3.96. The zero-order chi connectivity index (χ0) is 18.7. The zero-order valence-corrected chi connectivity index (χ0v) is 14.3. The van der Waals surface area contributed by atoms with Crippen LogP contribution in [0.4, 0.5) is 13.2 Å². The molecule has 1 N–H and O–H groups in total. The fourth-order valence-corrected chi connectivity index (χ4v) is 3.39. The molecule has 4 heterocycles. The first kappa shape index (κ1) is 17.3. The number of alkyl halides is 3. The van der Waals surface area contributed by atoms with Gasteiger partial charge in [-0.1, -0.05) is 0 Å². The van der Waals surface area contributed by atoms with Crippen LogP contribution in [0, 0.1) is 0 Å². The quantitative estimate of drug-likeness (QED) is 0.895. The van der Waals surface area contributed by atoms with Gasteiger partial charge in [-0.05, 0) is 13.8 Å². The average molecular weight is 372 g/mol. The molecule has 1 fully saturated rings. The number of hydrogen-bond acceptors (Lipinski definition) is 5. The van der Waals surface area contributed by atoms with E-state index in [2.05, 4.69) is 10.1 Å². The van der Waals surface area contributed by atoms with Crippen LogP contribution in [0.25, 0.3) is 11.4 Å². The predicted molar refractivity (Wildman–Crippen MR) is 83.6 cm³/mol. The van der Waals surface area contributed by atoms with E-state index in [1.165, 1.54) is 10.8 Å². The van der Waals surface area contributed by atoms with Crippen molar-refractivity contribution in [2.24, 2.45) is 0 Å². The molecule has 1 saturated heterocycles. The van der Waals surface area contributed by atoms with E-state index in [0.717, 1.165) is 13.3 Å². The van der Waals surface area contributed by atoms with Crippen molar-refractivity contribution in [1.82, 2.24) is 19.3 Å². The zero-order valence-electron chi connectivity index (χ0n) is 14.3. The lowest BCUT2D eigenvalue weighted by Gasteiger charge is -2.31. The van der Waals surface area contributed by atoms with E-state index < -0.39 is 17.6 Å². The minimum atomic E-state index is -4.83. The SMILES string of the molecule is C[C@H]1Cn2nc(O[C@H]3CCOC3)cc2-c2cnc([C@@](C)(O)C(F)(F)F)n21. The van der Waals surface area contributed by atoms with Crippen LogP contribution in [0.5, 0.6) is 5.88 Å². The van der Waals surface area contributed by atoms with Gasteiger partial charge in [0.1, 0.15) is 6.10 Å². The van der Waals surface area contributed by atoms with Crippen molar-refractivity contribution >= 4 is 0 Å². The molecule has 0 aromatic carbocycles. The summed E-state index contributed by atoms with van der Waals surface area (Å²) in [5.74, 6) is -0.0203. The molecule has 26 heavy (non-hydrogen) atoms. The fraction of sp³-hybridized carbons (Fsp3) is 0.625. The molecule has 0 radical (unpaired) electrons. The third-order valence-corrected chi connectivity index (χ3v) is 4.86. The predicted octanol–water partition coefficient (Wildman–Crippen LogP) is 2.26. The van der Waals surface area contributed by atoms with E-state index in [-0.39, 0.29) is 12.1 Å². The first-order valence-electron chi connectivity index (χ1n) is 8.38. The number of imidazole rings is 1. The average Bonchev–Trinajstić information content (AvgIpc) is 3.24. The molecule has 0 unspecified atom stereocenters. The maximum Gasteiger partial charge on any atom is 0.424 e. The molecule has 10 heteroatoms. The third-order valence-electron chi connectivity index (χ3n) is 4.86. The Hall–Kier alpha value is -2.07. The van der Waals surface area contributed by atoms with Gasteiger partial charge in [0.15, 0.2) is 5.82 Å². The van der Waals surface area contributed by atoms with Crippen LogP contribution in [-0.4, -0.2) is 49.9 Å². The van der Waals surface area contributed by atoms with Crippen LogP contribution in [0.2, 0.25) is 0 Å². The summed E-state index contributed by atoms with van der Waals surface area (Å²) >= 11 is 0. The smallest absolute Gasteiger partial charge is 0.424 e. The summed E-state index contributed by atoms with van der Waals surface area (Å²) in [5, 5.41) is 14.5. The van der Waals surface area contributed by atoms with Gasteiger partial charge in [-0.3, -0.25) is 4.68 Å². The summed E-state index contributed by atoms with van der Waals surface area (Å²) in [6.07, 6.45) is -2.80. The second kappa shape index (κ2) is 5.71. The van der Waals surface area contributed by atoms with Crippen LogP contribution in [0.1, 0.15) is 32.1 Å². The lowest BCUT2D eigenvalue weighted by Crippen LogP contribution is -2.42. The highest BCUT2D eigenvalue weighted by atomic mass is 19.4. The number of aliphatic hydroxyl groups is 1. The highest BCUT2D eigenvalue weighted by Gasteiger charge is 2.55. The lowest BCUT2D eigenvalue weighted by molar-refractivity contribution is -0.262. The molecule has 142 valence electrons. The molecule has 2 aromatic heterocycles. The van der Waals surface area contributed by atoms with Crippen LogP contribution in [0.15, 0.2) is 12.3 Å². The lowest BCUT2D eigenvalue weighted by atomic mass is 10.0. The molecule has 0 amide bonds. The van der Waals surface area contributed by atoms with Crippen molar-refractivity contribution in [3.8, 4) is 17.3 Å². The van der Waals surface area contributed by atoms with Gasteiger partial charge in [-0.2, -0.15) is 13.2 Å². The molecule has 2 aliphatic rings. The highest BCUT2D eigenvalue weighted by Crippen LogP contribution is 2.42. The summed E-state index contributed by atoms with van der Waals surface area (Å²) in [7, 11) is 0. The molecule has 0 spiro atoms. The first-order chi connectivity index (χ1) is 12.2. The van der Waals surface area contributed by atoms with Crippen LogP contribution in [0.3, 0.4) is 0 Å². The molecule has 0 saturated carbocycles. The van der Waals surface area contributed by atoms with Crippen molar-refractivity contribution in [1.29, 1.82) is 0 Å². The Balaban J connectivity index is 1.72. The molecule has 0 bridgehead atoms. The van der Waals surface area contributed by atoms with Crippen LogP contribution < -0.4 is 4.74 Å². The Morgan fingerprint density at radius 2 is 2.12 bits per heavy atom. The molecule has 2 aromatic rings. The van der Waals surface area contributed by atoms with E-state index in [1.54, 1.807) is 17.7 Å². The van der Waals surface area contributed by atoms with Crippen molar-refractivity contribution in [2.45, 2.75) is 50.7 Å². The number of fused-ring (bicyclic) bond motifs is 3. The molecular formula is C16H19F3N4O3. The Kier molecular flexibility index (Phi) is 3.81. The molecule has 7 nitrogen and oxygen atoms in total. The first-order valence-corrected chi connectivity index (χ1v) is 8.38. The summed E-state index contributed by atoms with van der Waals surface area (Å²) in [6, 6.07) is 1.33. The van der Waals surface area contributed by atoms with Gasteiger partial charge >= 0.3 is 6.18 Å². The summed E-state index contributed by atoms with van der Waals surface area (Å²) in [5.41, 5.74) is -1.97. The molecular weight excluding hydrogens is 353 g/mol. The number of rotatable bonds is 3. The van der Waals surface area contributed by atoms with Gasteiger partial charge in [0.2, 0.25) is 11.5 Å². The van der Waals surface area contributed by atoms with Crippen LogP contribution >= 0.6 is 0 Å². The molecule has 2 aliphatic heterocycles. The summed E-state index contributed by atoms with van der Waals surface area (Å²) in [4.78, 5) is 3.89. The number of hydrogen-bond donors (Lipinski definition) is 1. The highest BCUT2D eigenvalue weighted by molar-refractivity contribution is 5.58. The molecule has 4 rings (SSSR count). The third kappa shape index (κ3) is 2.59. The number of ether oxygens (including phenoxy) is 2. The Morgan fingerprint density at radius 1 is 1.35 bits per heavy atom. The van der Waals surface area contributed by atoms with Crippen molar-refractivity contribution in [3.05, 3.63) is 18.1 Å². The standard InChI is InChI=1S/C16H19F3N4O3/c1-9-7-22-11(5-13(21-22)26-10-3-4-25-8-10)12-6-20-14(23(9)12)15(2,24)16(17,18)19/h5-6,9-10,24H,3-4,7-8H2,1-2H3/t9-,10-,15+/m0/s1. The topological polar surface area (TPSA) is 74.3 Å². The normalized spacial score (nSPS) is 24.8. The Bertz CT molecular complexity index is 821. The second-order valence-corrected chi connectivity index (χ2v) is 6.91. The van der Waals surface area contributed by atoms with E-state index in [4.69, 9.17) is 9.47 Å². The van der Waals surface area contributed by atoms with Crippen LogP contribution in [-0.2, 0) is 16.9 Å². The maximum atomic E-state index is 13.3. The largest absolute Gasteiger partial charge is 0.471 e. The minimum Gasteiger partial charge on any atom is -0.471 e. The minimum absolute atomic E-state index is 0.0733. The molecule has 3 atom stereocenters. The van der Waals surface area contributed by atoms with E-state index >= 15 is 0 Å². The number of aromatic nitrogens is 4. The molecule has 0 aliphatic carbocycles. The monoisotopic (exact) mass is 372 g/mol. The van der Waals surface area contributed by atoms with E-state index in [0.29, 0.717) is 37.0 Å². The number of halogens is 3. The van der Waals surface area contributed by atoms with Gasteiger partial charge < -0.3 is 19.1 Å². The van der Waals surface area contributed by atoms with Crippen molar-refractivity contribution in [2.75, 3.05) is 13.2 Å². The maximum absolute atomic E-state index is 13.3. The van der Waals surface area contributed by atoms with Gasteiger partial charge in [0.25, 0.3) is 0 Å². The van der Waals surface area contributed by atoms with Crippen molar-refractivity contribution < 1.29 is 27.8 Å². The van der Waals surface area contributed by atoms with Crippen molar-refractivity contribution in [3.63, 3.8) is 0 Å². The second-order valence-electron chi connectivity index (χ2n) is 6.91. The van der Waals surface area contributed by atoms with E-state index in [1.807, 2.05) is 0 Å².